The van der Waals surface area contributed by atoms with Gasteiger partial charge in [-0.2, -0.15) is 0 Å². The van der Waals surface area contributed by atoms with Gasteiger partial charge in [-0.3, -0.25) is 9.78 Å². The van der Waals surface area contributed by atoms with Gasteiger partial charge in [-0.1, -0.05) is 12.5 Å². The van der Waals surface area contributed by atoms with Gasteiger partial charge in [-0.25, -0.2) is 0 Å². The molecule has 21 heavy (non-hydrogen) atoms. The first-order valence-electron chi connectivity index (χ1n) is 8.26. The number of hydrogen-bond acceptors (Lipinski definition) is 3. The molecule has 1 saturated heterocycles. The third-order valence-corrected chi connectivity index (χ3v) is 4.63. The molecular formula is C17H25N3O. The lowest BCUT2D eigenvalue weighted by atomic mass is 10.1. The number of carbonyl (C=O) groups is 1. The zero-order chi connectivity index (χ0) is 14.5. The Bertz CT molecular complexity index is 483. The lowest BCUT2D eigenvalue weighted by Crippen LogP contribution is -2.37. The summed E-state index contributed by atoms with van der Waals surface area (Å²) in [4.78, 5) is 21.2. The maximum Gasteiger partial charge on any atom is 0.222 e. The first-order valence-corrected chi connectivity index (χ1v) is 8.26. The molecule has 0 radical (unpaired) electrons. The molecule has 1 aromatic rings. The maximum absolute atomic E-state index is 12.3. The van der Waals surface area contributed by atoms with Crippen molar-refractivity contribution in [1.82, 2.24) is 14.8 Å². The van der Waals surface area contributed by atoms with E-state index in [0.29, 0.717) is 12.3 Å². The number of nitrogens with zero attached hydrogens (tertiary/aromatic N) is 3. The van der Waals surface area contributed by atoms with Gasteiger partial charge < -0.3 is 9.80 Å². The van der Waals surface area contributed by atoms with Crippen molar-refractivity contribution in [2.75, 3.05) is 26.2 Å². The van der Waals surface area contributed by atoms with Gasteiger partial charge in [-0.15, -0.1) is 0 Å². The fraction of sp³-hybridized carbons (Fsp3) is 0.647. The van der Waals surface area contributed by atoms with Gasteiger partial charge in [0, 0.05) is 37.8 Å². The van der Waals surface area contributed by atoms with Crippen LogP contribution >= 0.6 is 0 Å². The lowest BCUT2D eigenvalue weighted by Gasteiger charge is -2.29. The number of fused-ring (bicyclic) bond motifs is 1. The van der Waals surface area contributed by atoms with E-state index in [0.717, 1.165) is 38.2 Å². The first kappa shape index (κ1) is 14.5. The zero-order valence-electron chi connectivity index (χ0n) is 12.8. The van der Waals surface area contributed by atoms with E-state index in [1.54, 1.807) is 0 Å². The largest absolute Gasteiger partial charge is 0.338 e. The minimum atomic E-state index is 0.307. The molecule has 2 aliphatic rings. The Hall–Kier alpha value is -1.42. The van der Waals surface area contributed by atoms with E-state index in [1.165, 1.54) is 37.9 Å². The van der Waals surface area contributed by atoms with Crippen molar-refractivity contribution in [3.63, 3.8) is 0 Å². The molecule has 114 valence electrons. The van der Waals surface area contributed by atoms with E-state index in [9.17, 15) is 4.79 Å². The van der Waals surface area contributed by atoms with Gasteiger partial charge >= 0.3 is 0 Å². The fourth-order valence-corrected chi connectivity index (χ4v) is 3.37. The van der Waals surface area contributed by atoms with Crippen molar-refractivity contribution in [2.24, 2.45) is 0 Å². The topological polar surface area (TPSA) is 36.4 Å². The molecule has 0 bridgehead atoms. The fourth-order valence-electron chi connectivity index (χ4n) is 3.37. The lowest BCUT2D eigenvalue weighted by molar-refractivity contribution is -0.132. The Labute approximate surface area is 127 Å². The molecule has 0 atom stereocenters. The van der Waals surface area contributed by atoms with Crippen LogP contribution in [-0.4, -0.2) is 46.9 Å². The van der Waals surface area contributed by atoms with Gasteiger partial charge in [0.25, 0.3) is 0 Å². The molecule has 3 rings (SSSR count). The number of carbonyl (C=O) groups excluding carboxylic acids is 1. The van der Waals surface area contributed by atoms with Crippen molar-refractivity contribution < 1.29 is 4.79 Å². The maximum atomic E-state index is 12.3. The van der Waals surface area contributed by atoms with E-state index in [4.69, 9.17) is 0 Å². The quantitative estimate of drug-likeness (QED) is 0.852. The Morgan fingerprint density at radius 2 is 2.05 bits per heavy atom. The van der Waals surface area contributed by atoms with E-state index in [2.05, 4.69) is 16.0 Å². The highest BCUT2D eigenvalue weighted by Gasteiger charge is 2.21. The highest BCUT2D eigenvalue weighted by Crippen LogP contribution is 2.17. The van der Waals surface area contributed by atoms with Crippen molar-refractivity contribution in [3.8, 4) is 0 Å². The van der Waals surface area contributed by atoms with Crippen LogP contribution in [0.2, 0.25) is 0 Å². The van der Waals surface area contributed by atoms with Crippen molar-refractivity contribution in [1.29, 1.82) is 0 Å². The van der Waals surface area contributed by atoms with Crippen LogP contribution in [0.3, 0.4) is 0 Å². The molecule has 4 nitrogen and oxygen atoms in total. The predicted octanol–water partition coefficient (Wildman–Crippen LogP) is 2.23. The Balaban J connectivity index is 1.44. The molecule has 0 spiro atoms. The summed E-state index contributed by atoms with van der Waals surface area (Å²) in [5.41, 5.74) is 2.38. The Kier molecular flexibility index (Phi) is 4.86. The summed E-state index contributed by atoms with van der Waals surface area (Å²) < 4.78 is 0. The third-order valence-electron chi connectivity index (χ3n) is 4.63. The SMILES string of the molecule is O=C(CCCN1CCCCC1)N1CCc2ncccc2C1. The van der Waals surface area contributed by atoms with Gasteiger partial charge in [0.15, 0.2) is 0 Å². The summed E-state index contributed by atoms with van der Waals surface area (Å²) in [6.45, 7) is 5.09. The summed E-state index contributed by atoms with van der Waals surface area (Å²) in [5.74, 6) is 0.307. The van der Waals surface area contributed by atoms with E-state index < -0.39 is 0 Å². The van der Waals surface area contributed by atoms with Crippen LogP contribution in [0.1, 0.15) is 43.4 Å². The van der Waals surface area contributed by atoms with Crippen LogP contribution < -0.4 is 0 Å². The summed E-state index contributed by atoms with van der Waals surface area (Å²) in [6, 6.07) is 4.05. The minimum Gasteiger partial charge on any atom is -0.338 e. The van der Waals surface area contributed by atoms with Crippen molar-refractivity contribution in [3.05, 3.63) is 29.6 Å². The van der Waals surface area contributed by atoms with Crippen LogP contribution in [0.25, 0.3) is 0 Å². The number of rotatable bonds is 4. The molecule has 1 amide bonds. The van der Waals surface area contributed by atoms with E-state index in [-0.39, 0.29) is 0 Å². The second-order valence-corrected chi connectivity index (χ2v) is 6.18. The van der Waals surface area contributed by atoms with Crippen LogP contribution in [0, 0.1) is 0 Å². The number of pyridine rings is 1. The number of piperidine rings is 1. The summed E-state index contributed by atoms with van der Waals surface area (Å²) in [6.07, 6.45) is 8.44. The zero-order valence-corrected chi connectivity index (χ0v) is 12.8. The van der Waals surface area contributed by atoms with Gasteiger partial charge in [-0.05, 0) is 50.5 Å². The van der Waals surface area contributed by atoms with Crippen LogP contribution in [-0.2, 0) is 17.8 Å². The van der Waals surface area contributed by atoms with Gasteiger partial charge in [0.2, 0.25) is 5.91 Å². The van der Waals surface area contributed by atoms with E-state index >= 15 is 0 Å². The Morgan fingerprint density at radius 3 is 2.90 bits per heavy atom. The van der Waals surface area contributed by atoms with Gasteiger partial charge in [0.1, 0.15) is 0 Å². The number of hydrogen-bond donors (Lipinski definition) is 0. The summed E-state index contributed by atoms with van der Waals surface area (Å²) in [7, 11) is 0. The monoisotopic (exact) mass is 287 g/mol. The average molecular weight is 287 g/mol. The molecule has 1 aromatic heterocycles. The number of aromatic nitrogens is 1. The molecular weight excluding hydrogens is 262 g/mol. The molecule has 2 aliphatic heterocycles. The smallest absolute Gasteiger partial charge is 0.222 e. The van der Waals surface area contributed by atoms with Crippen molar-refractivity contribution in [2.45, 2.75) is 45.1 Å². The average Bonchev–Trinajstić information content (AvgIpc) is 2.55. The normalized spacial score (nSPS) is 19.3. The second kappa shape index (κ2) is 7.03. The highest BCUT2D eigenvalue weighted by atomic mass is 16.2. The predicted molar refractivity (Wildman–Crippen MR) is 82.9 cm³/mol. The summed E-state index contributed by atoms with van der Waals surface area (Å²) >= 11 is 0. The highest BCUT2D eigenvalue weighted by molar-refractivity contribution is 5.76. The van der Waals surface area contributed by atoms with Gasteiger partial charge in [0.05, 0.1) is 0 Å². The standard InChI is InChI=1S/C17H25N3O/c21-17(7-5-12-19-10-2-1-3-11-19)20-13-8-16-15(14-20)6-4-9-18-16/h4,6,9H,1-3,5,7-8,10-14H2. The minimum absolute atomic E-state index is 0.307. The second-order valence-electron chi connectivity index (χ2n) is 6.18. The number of likely N-dealkylation sites (tertiary alicyclic amines) is 1. The third kappa shape index (κ3) is 3.82. The molecule has 0 aromatic carbocycles. The van der Waals surface area contributed by atoms with Crippen LogP contribution in [0.15, 0.2) is 18.3 Å². The first-order chi connectivity index (χ1) is 10.3. The molecule has 0 N–H and O–H groups in total. The Morgan fingerprint density at radius 1 is 1.19 bits per heavy atom. The molecule has 0 aliphatic carbocycles. The van der Waals surface area contributed by atoms with Crippen LogP contribution in [0.5, 0.6) is 0 Å². The molecule has 1 fully saturated rings. The van der Waals surface area contributed by atoms with E-state index in [1.807, 2.05) is 17.2 Å². The summed E-state index contributed by atoms with van der Waals surface area (Å²) in [5, 5.41) is 0. The number of amides is 1. The van der Waals surface area contributed by atoms with Crippen LogP contribution in [0.4, 0.5) is 0 Å². The van der Waals surface area contributed by atoms with Crippen molar-refractivity contribution >= 4 is 5.91 Å². The molecule has 0 saturated carbocycles. The molecule has 4 heteroatoms. The molecule has 0 unspecified atom stereocenters. The molecule has 3 heterocycles.